The van der Waals surface area contributed by atoms with Crippen LogP contribution in [0.5, 0.6) is 0 Å². The highest BCUT2D eigenvalue weighted by atomic mass is 16.3. The second-order valence-corrected chi connectivity index (χ2v) is 14.5. The number of anilines is 3. The average molecular weight is 714 g/mol. The first-order valence-corrected chi connectivity index (χ1v) is 19.2. The zero-order valence-electron chi connectivity index (χ0n) is 30.6. The summed E-state index contributed by atoms with van der Waals surface area (Å²) in [5.74, 6) is 0. The minimum absolute atomic E-state index is 0.899. The van der Waals surface area contributed by atoms with Crippen LogP contribution in [0.25, 0.3) is 87.6 Å². The molecule has 0 aliphatic rings. The second kappa shape index (κ2) is 13.2. The van der Waals surface area contributed by atoms with E-state index in [2.05, 4.69) is 205 Å². The molecule has 0 saturated carbocycles. The van der Waals surface area contributed by atoms with Crippen LogP contribution in [0.4, 0.5) is 17.1 Å². The molecule has 56 heavy (non-hydrogen) atoms. The fourth-order valence-electron chi connectivity index (χ4n) is 8.60. The quantitative estimate of drug-likeness (QED) is 0.160. The van der Waals surface area contributed by atoms with Crippen molar-refractivity contribution in [1.29, 1.82) is 0 Å². The van der Waals surface area contributed by atoms with Crippen molar-refractivity contribution in [2.45, 2.75) is 0 Å². The van der Waals surface area contributed by atoms with Crippen LogP contribution in [0.2, 0.25) is 0 Å². The molecule has 2 nitrogen and oxygen atoms in total. The van der Waals surface area contributed by atoms with Gasteiger partial charge in [-0.25, -0.2) is 0 Å². The Labute approximate surface area is 325 Å². The molecule has 0 amide bonds. The summed E-state index contributed by atoms with van der Waals surface area (Å²) in [6.45, 7) is 0. The Morgan fingerprint density at radius 1 is 0.286 bits per heavy atom. The normalized spacial score (nSPS) is 11.6. The first-order valence-electron chi connectivity index (χ1n) is 19.2. The lowest BCUT2D eigenvalue weighted by molar-refractivity contribution is 0.669. The summed E-state index contributed by atoms with van der Waals surface area (Å²) < 4.78 is 6.27. The predicted molar refractivity (Wildman–Crippen MR) is 237 cm³/mol. The molecule has 0 saturated heterocycles. The zero-order valence-corrected chi connectivity index (χ0v) is 30.6. The number of hydrogen-bond acceptors (Lipinski definition) is 2. The number of hydrogen-bond donors (Lipinski definition) is 0. The molecule has 0 unspecified atom stereocenters. The van der Waals surface area contributed by atoms with Crippen molar-refractivity contribution in [2.75, 3.05) is 4.90 Å². The predicted octanol–water partition coefficient (Wildman–Crippen LogP) is 15.5. The van der Waals surface area contributed by atoms with E-state index in [0.29, 0.717) is 0 Å². The zero-order chi connectivity index (χ0) is 37.0. The minimum Gasteiger partial charge on any atom is -0.456 e. The highest BCUT2D eigenvalue weighted by Crippen LogP contribution is 2.45. The van der Waals surface area contributed by atoms with Gasteiger partial charge < -0.3 is 9.32 Å². The van der Waals surface area contributed by atoms with E-state index in [9.17, 15) is 0 Å². The highest BCUT2D eigenvalue weighted by Gasteiger charge is 2.20. The van der Waals surface area contributed by atoms with Gasteiger partial charge in [0.15, 0.2) is 0 Å². The number of rotatable bonds is 6. The van der Waals surface area contributed by atoms with E-state index in [1.807, 2.05) is 12.1 Å². The van der Waals surface area contributed by atoms with Crippen LogP contribution in [0.1, 0.15) is 0 Å². The van der Waals surface area contributed by atoms with Gasteiger partial charge in [0, 0.05) is 27.7 Å². The van der Waals surface area contributed by atoms with Gasteiger partial charge in [-0.05, 0) is 115 Å². The van der Waals surface area contributed by atoms with Crippen LogP contribution in [0.3, 0.4) is 0 Å². The summed E-state index contributed by atoms with van der Waals surface area (Å²) in [7, 11) is 0. The van der Waals surface area contributed by atoms with E-state index in [1.165, 1.54) is 54.6 Å². The number of benzene rings is 10. The summed E-state index contributed by atoms with van der Waals surface area (Å²) in [6.07, 6.45) is 0. The first kappa shape index (κ1) is 32.0. The summed E-state index contributed by atoms with van der Waals surface area (Å²) in [6, 6.07) is 76.6. The van der Waals surface area contributed by atoms with Gasteiger partial charge in [0.2, 0.25) is 0 Å². The van der Waals surface area contributed by atoms with Crippen molar-refractivity contribution in [3.8, 4) is 33.4 Å². The van der Waals surface area contributed by atoms with Crippen LogP contribution < -0.4 is 4.90 Å². The molecular weight excluding hydrogens is 679 g/mol. The molecule has 0 radical (unpaired) electrons. The topological polar surface area (TPSA) is 16.4 Å². The maximum absolute atomic E-state index is 6.27. The number of nitrogens with zero attached hydrogens (tertiary/aromatic N) is 1. The molecule has 2 heteroatoms. The molecular formula is C54H35NO. The van der Waals surface area contributed by atoms with Crippen molar-refractivity contribution in [1.82, 2.24) is 0 Å². The van der Waals surface area contributed by atoms with Crippen molar-refractivity contribution in [3.63, 3.8) is 0 Å². The lowest BCUT2D eigenvalue weighted by Crippen LogP contribution is -2.11. The van der Waals surface area contributed by atoms with E-state index in [0.717, 1.165) is 50.1 Å². The molecule has 11 aromatic rings. The Morgan fingerprint density at radius 2 is 0.911 bits per heavy atom. The molecule has 0 aliphatic carbocycles. The van der Waals surface area contributed by atoms with Gasteiger partial charge in [-0.15, -0.1) is 0 Å². The van der Waals surface area contributed by atoms with Gasteiger partial charge in [-0.1, -0.05) is 158 Å². The van der Waals surface area contributed by atoms with Crippen LogP contribution in [-0.4, -0.2) is 0 Å². The van der Waals surface area contributed by atoms with Gasteiger partial charge in [-0.3, -0.25) is 0 Å². The van der Waals surface area contributed by atoms with Crippen molar-refractivity contribution < 1.29 is 4.42 Å². The molecule has 0 fully saturated rings. The molecule has 0 N–H and O–H groups in total. The molecule has 0 bridgehead atoms. The molecule has 0 spiro atoms. The Morgan fingerprint density at radius 3 is 1.79 bits per heavy atom. The fraction of sp³-hybridized carbons (Fsp3) is 0. The van der Waals surface area contributed by atoms with Crippen molar-refractivity contribution in [3.05, 3.63) is 212 Å². The van der Waals surface area contributed by atoms with Crippen LogP contribution >= 0.6 is 0 Å². The van der Waals surface area contributed by atoms with E-state index < -0.39 is 0 Å². The SMILES string of the molecule is c1cc(-c2cccc3ccccc23)cc(N(c2ccc(-c3ccc4c(c3)oc3ccccc34)cc2)c2ccccc2-c2cc3ccccc3c3ccccc23)c1. The molecule has 10 aromatic carbocycles. The Kier molecular flexibility index (Phi) is 7.53. The van der Waals surface area contributed by atoms with Gasteiger partial charge in [-0.2, -0.15) is 0 Å². The van der Waals surface area contributed by atoms with Gasteiger partial charge in [0.1, 0.15) is 11.2 Å². The van der Waals surface area contributed by atoms with Crippen LogP contribution in [-0.2, 0) is 0 Å². The standard InChI is InChI=1S/C54H35NO/c1-3-18-43-37(13-1)15-12-24-44(43)39-16-11-17-42(33-39)55(41-30-27-36(28-31-41)38-29-32-50-49-23-8-10-26-53(49)56-54(50)35-38)52-25-9-7-22-48(52)51-34-40-14-2-4-19-45(40)46-20-5-6-21-47(46)51/h1-35H. The molecule has 1 heterocycles. The van der Waals surface area contributed by atoms with Crippen LogP contribution in [0.15, 0.2) is 217 Å². The monoisotopic (exact) mass is 713 g/mol. The lowest BCUT2D eigenvalue weighted by Gasteiger charge is -2.29. The van der Waals surface area contributed by atoms with E-state index in [1.54, 1.807) is 0 Å². The highest BCUT2D eigenvalue weighted by molar-refractivity contribution is 6.15. The molecule has 1 aromatic heterocycles. The summed E-state index contributed by atoms with van der Waals surface area (Å²) in [4.78, 5) is 2.42. The molecule has 0 aliphatic heterocycles. The molecule has 262 valence electrons. The largest absolute Gasteiger partial charge is 0.456 e. The van der Waals surface area contributed by atoms with Crippen molar-refractivity contribution in [2.24, 2.45) is 0 Å². The third-order valence-corrected chi connectivity index (χ3v) is 11.2. The maximum atomic E-state index is 6.27. The summed E-state index contributed by atoms with van der Waals surface area (Å²) >= 11 is 0. The smallest absolute Gasteiger partial charge is 0.136 e. The number of furan rings is 1. The van der Waals surface area contributed by atoms with Gasteiger partial charge in [0.05, 0.1) is 5.69 Å². The molecule has 11 rings (SSSR count). The number of para-hydroxylation sites is 2. The fourth-order valence-corrected chi connectivity index (χ4v) is 8.60. The maximum Gasteiger partial charge on any atom is 0.136 e. The van der Waals surface area contributed by atoms with Gasteiger partial charge >= 0.3 is 0 Å². The average Bonchev–Trinajstić information content (AvgIpc) is 3.65. The van der Waals surface area contributed by atoms with E-state index in [4.69, 9.17) is 4.42 Å². The van der Waals surface area contributed by atoms with E-state index >= 15 is 0 Å². The third kappa shape index (κ3) is 5.34. The number of fused-ring (bicyclic) bond motifs is 7. The van der Waals surface area contributed by atoms with Gasteiger partial charge in [0.25, 0.3) is 0 Å². The van der Waals surface area contributed by atoms with Crippen molar-refractivity contribution >= 4 is 71.3 Å². The minimum atomic E-state index is 0.899. The summed E-state index contributed by atoms with van der Waals surface area (Å²) in [5, 5.41) is 9.74. The first-order chi connectivity index (χ1) is 27.8. The Bertz CT molecular complexity index is 3260. The third-order valence-electron chi connectivity index (χ3n) is 11.2. The second-order valence-electron chi connectivity index (χ2n) is 14.5. The Hall–Kier alpha value is -7.42. The van der Waals surface area contributed by atoms with E-state index in [-0.39, 0.29) is 0 Å². The van der Waals surface area contributed by atoms with Crippen LogP contribution in [0, 0.1) is 0 Å². The Balaban J connectivity index is 1.10. The lowest BCUT2D eigenvalue weighted by atomic mass is 9.92. The molecule has 0 atom stereocenters. The summed E-state index contributed by atoms with van der Waals surface area (Å²) in [5.41, 5.74) is 12.1.